The number of nitrogens with zero attached hydrogens (tertiary/aromatic N) is 2. The summed E-state index contributed by atoms with van der Waals surface area (Å²) in [6.45, 7) is 1.73. The fourth-order valence-electron chi connectivity index (χ4n) is 0.808. The minimum atomic E-state index is -0.581. The van der Waals surface area contributed by atoms with Crippen LogP contribution in [0.2, 0.25) is 0 Å². The largest absolute Gasteiger partial charge is 0.364 e. The lowest BCUT2D eigenvalue weighted by atomic mass is 10.1. The van der Waals surface area contributed by atoms with E-state index in [1.165, 1.54) is 12.3 Å². The van der Waals surface area contributed by atoms with Crippen LogP contribution in [0.3, 0.4) is 0 Å². The second-order valence-corrected chi connectivity index (χ2v) is 2.36. The Hall–Kier alpha value is -1.89. The predicted octanol–water partition coefficient (Wildman–Crippen LogP) is 0.361. The van der Waals surface area contributed by atoms with Gasteiger partial charge in [0.25, 0.3) is 5.91 Å². The zero-order chi connectivity index (χ0) is 9.14. The van der Waals surface area contributed by atoms with E-state index in [4.69, 9.17) is 11.0 Å². The third-order valence-corrected chi connectivity index (χ3v) is 1.48. The molecule has 0 spiro atoms. The number of carbonyl (C=O) groups excluding carboxylic acids is 1. The first-order chi connectivity index (χ1) is 5.65. The van der Waals surface area contributed by atoms with Crippen molar-refractivity contribution in [2.45, 2.75) is 6.92 Å². The van der Waals surface area contributed by atoms with Crippen molar-refractivity contribution in [3.8, 4) is 6.07 Å². The summed E-state index contributed by atoms with van der Waals surface area (Å²) in [4.78, 5) is 14.3. The Labute approximate surface area is 69.6 Å². The normalized spacial score (nSPS) is 9.00. The smallest absolute Gasteiger partial charge is 0.267 e. The van der Waals surface area contributed by atoms with E-state index in [-0.39, 0.29) is 5.69 Å². The zero-order valence-electron chi connectivity index (χ0n) is 6.53. The molecule has 0 aromatic carbocycles. The highest BCUT2D eigenvalue weighted by Crippen LogP contribution is 2.05. The van der Waals surface area contributed by atoms with Crippen molar-refractivity contribution in [1.82, 2.24) is 4.98 Å². The standard InChI is InChI=1S/C8H7N3O/c1-5-2-7(8(10)12)11-4-6(5)3-9/h2,4H,1H3,(H2,10,12). The molecule has 0 aliphatic rings. The molecule has 0 aliphatic carbocycles. The van der Waals surface area contributed by atoms with E-state index in [0.29, 0.717) is 11.1 Å². The lowest BCUT2D eigenvalue weighted by molar-refractivity contribution is 0.0995. The van der Waals surface area contributed by atoms with Crippen LogP contribution in [0.1, 0.15) is 21.6 Å². The molecule has 1 aromatic rings. The fraction of sp³-hybridized carbons (Fsp3) is 0.125. The van der Waals surface area contributed by atoms with E-state index in [2.05, 4.69) is 4.98 Å². The molecule has 0 saturated heterocycles. The summed E-state index contributed by atoms with van der Waals surface area (Å²) in [5.74, 6) is -0.581. The van der Waals surface area contributed by atoms with Crippen molar-refractivity contribution in [3.05, 3.63) is 29.1 Å². The SMILES string of the molecule is Cc1cc(C(N)=O)ncc1C#N. The number of carbonyl (C=O) groups is 1. The van der Waals surface area contributed by atoms with Crippen molar-refractivity contribution < 1.29 is 4.79 Å². The van der Waals surface area contributed by atoms with Gasteiger partial charge in [0, 0.05) is 6.20 Å². The molecule has 4 heteroatoms. The van der Waals surface area contributed by atoms with E-state index in [0.717, 1.165) is 0 Å². The molecule has 0 aliphatic heterocycles. The number of primary amides is 1. The van der Waals surface area contributed by atoms with Gasteiger partial charge in [-0.05, 0) is 18.6 Å². The number of pyridine rings is 1. The molecule has 12 heavy (non-hydrogen) atoms. The molecule has 0 atom stereocenters. The Balaban J connectivity index is 3.21. The van der Waals surface area contributed by atoms with Gasteiger partial charge < -0.3 is 5.73 Å². The highest BCUT2D eigenvalue weighted by atomic mass is 16.1. The second-order valence-electron chi connectivity index (χ2n) is 2.36. The topological polar surface area (TPSA) is 79.8 Å². The van der Waals surface area contributed by atoms with Gasteiger partial charge in [-0.3, -0.25) is 4.79 Å². The molecule has 0 bridgehead atoms. The summed E-state index contributed by atoms with van der Waals surface area (Å²) in [5, 5.41) is 8.54. The molecule has 0 fully saturated rings. The van der Waals surface area contributed by atoms with Crippen molar-refractivity contribution in [3.63, 3.8) is 0 Å². The van der Waals surface area contributed by atoms with Crippen molar-refractivity contribution >= 4 is 5.91 Å². The number of aromatic nitrogens is 1. The molecular formula is C8H7N3O. The molecule has 2 N–H and O–H groups in total. The molecule has 0 radical (unpaired) electrons. The summed E-state index contributed by atoms with van der Waals surface area (Å²) in [5.41, 5.74) is 6.34. The number of hydrogen-bond donors (Lipinski definition) is 1. The maximum absolute atomic E-state index is 10.6. The number of nitrogens with two attached hydrogens (primary N) is 1. The minimum absolute atomic E-state index is 0.187. The highest BCUT2D eigenvalue weighted by Gasteiger charge is 2.04. The van der Waals surface area contributed by atoms with Crippen molar-refractivity contribution in [2.24, 2.45) is 5.73 Å². The Morgan fingerprint density at radius 2 is 2.42 bits per heavy atom. The maximum Gasteiger partial charge on any atom is 0.267 e. The van der Waals surface area contributed by atoms with Crippen LogP contribution in [0.15, 0.2) is 12.3 Å². The van der Waals surface area contributed by atoms with Crippen LogP contribution in [0.4, 0.5) is 0 Å². The van der Waals surface area contributed by atoms with Gasteiger partial charge in [0.2, 0.25) is 0 Å². The first kappa shape index (κ1) is 8.21. The Morgan fingerprint density at radius 3 is 2.83 bits per heavy atom. The van der Waals surface area contributed by atoms with E-state index in [1.807, 2.05) is 6.07 Å². The van der Waals surface area contributed by atoms with Gasteiger partial charge in [0.1, 0.15) is 11.8 Å². The fourth-order valence-corrected chi connectivity index (χ4v) is 0.808. The third kappa shape index (κ3) is 1.40. The molecule has 1 aromatic heterocycles. The van der Waals surface area contributed by atoms with Gasteiger partial charge in [-0.15, -0.1) is 0 Å². The van der Waals surface area contributed by atoms with Gasteiger partial charge in [-0.2, -0.15) is 5.26 Å². The Bertz CT molecular complexity index is 365. The molecule has 1 heterocycles. The van der Waals surface area contributed by atoms with Crippen LogP contribution in [-0.2, 0) is 0 Å². The Morgan fingerprint density at radius 1 is 1.75 bits per heavy atom. The number of rotatable bonds is 1. The van der Waals surface area contributed by atoms with Gasteiger partial charge >= 0.3 is 0 Å². The van der Waals surface area contributed by atoms with Crippen molar-refractivity contribution in [1.29, 1.82) is 5.26 Å². The average molecular weight is 161 g/mol. The molecule has 1 amide bonds. The molecule has 1 rings (SSSR count). The zero-order valence-corrected chi connectivity index (χ0v) is 6.53. The summed E-state index contributed by atoms with van der Waals surface area (Å²) in [7, 11) is 0. The van der Waals surface area contributed by atoms with E-state index in [1.54, 1.807) is 6.92 Å². The molecule has 0 unspecified atom stereocenters. The van der Waals surface area contributed by atoms with Crippen LogP contribution < -0.4 is 5.73 Å². The third-order valence-electron chi connectivity index (χ3n) is 1.48. The van der Waals surface area contributed by atoms with Gasteiger partial charge in [0.15, 0.2) is 0 Å². The lowest BCUT2D eigenvalue weighted by Crippen LogP contribution is -2.13. The molecule has 4 nitrogen and oxygen atoms in total. The van der Waals surface area contributed by atoms with Gasteiger partial charge in [0.05, 0.1) is 5.56 Å². The quantitative estimate of drug-likeness (QED) is 0.645. The van der Waals surface area contributed by atoms with Crippen LogP contribution in [0, 0.1) is 18.3 Å². The second kappa shape index (κ2) is 3.01. The summed E-state index contributed by atoms with van der Waals surface area (Å²) >= 11 is 0. The van der Waals surface area contributed by atoms with E-state index < -0.39 is 5.91 Å². The average Bonchev–Trinajstić information content (AvgIpc) is 2.04. The van der Waals surface area contributed by atoms with Crippen molar-refractivity contribution in [2.75, 3.05) is 0 Å². The number of aryl methyl sites for hydroxylation is 1. The monoisotopic (exact) mass is 161 g/mol. The molecular weight excluding hydrogens is 154 g/mol. The number of nitriles is 1. The summed E-state index contributed by atoms with van der Waals surface area (Å²) < 4.78 is 0. The number of amides is 1. The van der Waals surface area contributed by atoms with Crippen LogP contribution in [0.5, 0.6) is 0 Å². The molecule has 60 valence electrons. The van der Waals surface area contributed by atoms with Crippen LogP contribution in [0.25, 0.3) is 0 Å². The van der Waals surface area contributed by atoms with Gasteiger partial charge in [-0.25, -0.2) is 4.98 Å². The molecule has 0 saturated carbocycles. The lowest BCUT2D eigenvalue weighted by Gasteiger charge is -1.97. The highest BCUT2D eigenvalue weighted by molar-refractivity contribution is 5.90. The van der Waals surface area contributed by atoms with Crippen LogP contribution in [-0.4, -0.2) is 10.9 Å². The first-order valence-electron chi connectivity index (χ1n) is 3.31. The van der Waals surface area contributed by atoms with E-state index >= 15 is 0 Å². The van der Waals surface area contributed by atoms with E-state index in [9.17, 15) is 4.79 Å². The number of hydrogen-bond acceptors (Lipinski definition) is 3. The first-order valence-corrected chi connectivity index (χ1v) is 3.31. The maximum atomic E-state index is 10.6. The minimum Gasteiger partial charge on any atom is -0.364 e. The van der Waals surface area contributed by atoms with Gasteiger partial charge in [-0.1, -0.05) is 0 Å². The summed E-state index contributed by atoms with van der Waals surface area (Å²) in [6.07, 6.45) is 1.34. The Kier molecular flexibility index (Phi) is 2.06. The predicted molar refractivity (Wildman–Crippen MR) is 42.2 cm³/mol. The van der Waals surface area contributed by atoms with Crippen LogP contribution >= 0.6 is 0 Å². The summed E-state index contributed by atoms with van der Waals surface area (Å²) in [6, 6.07) is 3.45.